The third-order valence-electron chi connectivity index (χ3n) is 2.28. The third kappa shape index (κ3) is 4.22. The Bertz CT molecular complexity index is 430. The molecule has 0 radical (unpaired) electrons. The zero-order chi connectivity index (χ0) is 13.8. The molecule has 1 aromatic carbocycles. The van der Waals surface area contributed by atoms with Crippen molar-refractivity contribution in [1.82, 2.24) is 0 Å². The fraction of sp³-hybridized carbons (Fsp3) is 0.417. The van der Waals surface area contributed by atoms with Crippen molar-refractivity contribution < 1.29 is 22.7 Å². The van der Waals surface area contributed by atoms with Gasteiger partial charge >= 0.3 is 12.1 Å². The molecule has 0 amide bonds. The van der Waals surface area contributed by atoms with Crippen LogP contribution in [0.15, 0.2) is 18.2 Å². The number of carbonyl (C=O) groups excluding carboxylic acids is 1. The van der Waals surface area contributed by atoms with Gasteiger partial charge in [0.2, 0.25) is 0 Å². The summed E-state index contributed by atoms with van der Waals surface area (Å²) in [6.07, 6.45) is -4.06. The molecule has 0 heterocycles. The Balaban J connectivity index is 2.72. The lowest BCUT2D eigenvalue weighted by Crippen LogP contribution is -2.07. The van der Waals surface area contributed by atoms with E-state index in [1.165, 1.54) is 6.07 Å². The van der Waals surface area contributed by atoms with E-state index in [0.717, 1.165) is 12.1 Å². The molecule has 0 N–H and O–H groups in total. The number of aryl methyl sites for hydroxylation is 1. The Morgan fingerprint density at radius 3 is 2.56 bits per heavy atom. The number of rotatable bonds is 4. The van der Waals surface area contributed by atoms with Gasteiger partial charge in [0, 0.05) is 11.4 Å². The van der Waals surface area contributed by atoms with Crippen LogP contribution in [0.1, 0.15) is 24.5 Å². The number of halogens is 4. The Hall–Kier alpha value is -1.23. The quantitative estimate of drug-likeness (QED) is 0.783. The smallest absolute Gasteiger partial charge is 0.416 e. The fourth-order valence-electron chi connectivity index (χ4n) is 1.40. The Kier molecular flexibility index (Phi) is 5.02. The van der Waals surface area contributed by atoms with Gasteiger partial charge in [-0.2, -0.15) is 13.2 Å². The number of hydrogen-bond acceptors (Lipinski definition) is 2. The average molecular weight is 281 g/mol. The Labute approximate surface area is 108 Å². The summed E-state index contributed by atoms with van der Waals surface area (Å²) in [6, 6.07) is 3.10. The first-order chi connectivity index (χ1) is 8.34. The van der Waals surface area contributed by atoms with Gasteiger partial charge in [-0.3, -0.25) is 4.79 Å². The molecule has 0 aliphatic rings. The van der Waals surface area contributed by atoms with Crippen molar-refractivity contribution in [3.05, 3.63) is 34.3 Å². The van der Waals surface area contributed by atoms with Gasteiger partial charge in [0.15, 0.2) is 0 Å². The van der Waals surface area contributed by atoms with Gasteiger partial charge in [0.1, 0.15) is 0 Å². The average Bonchev–Trinajstić information content (AvgIpc) is 2.26. The minimum Gasteiger partial charge on any atom is -0.466 e. The molecule has 1 aromatic rings. The Morgan fingerprint density at radius 2 is 2.06 bits per heavy atom. The van der Waals surface area contributed by atoms with Gasteiger partial charge < -0.3 is 4.74 Å². The van der Waals surface area contributed by atoms with Crippen LogP contribution < -0.4 is 0 Å². The molecular weight excluding hydrogens is 269 g/mol. The highest BCUT2D eigenvalue weighted by Crippen LogP contribution is 2.32. The summed E-state index contributed by atoms with van der Waals surface area (Å²) in [4.78, 5) is 11.1. The second-order valence-electron chi connectivity index (χ2n) is 3.61. The predicted molar refractivity (Wildman–Crippen MR) is 61.4 cm³/mol. The van der Waals surface area contributed by atoms with Crippen LogP contribution in [0.4, 0.5) is 13.2 Å². The van der Waals surface area contributed by atoms with E-state index in [2.05, 4.69) is 0 Å². The van der Waals surface area contributed by atoms with Gasteiger partial charge in [-0.1, -0.05) is 17.7 Å². The van der Waals surface area contributed by atoms with Crippen LogP contribution in [0.3, 0.4) is 0 Å². The highest BCUT2D eigenvalue weighted by atomic mass is 35.5. The zero-order valence-corrected chi connectivity index (χ0v) is 10.4. The maximum absolute atomic E-state index is 12.4. The van der Waals surface area contributed by atoms with E-state index in [4.69, 9.17) is 16.3 Å². The summed E-state index contributed by atoms with van der Waals surface area (Å²) >= 11 is 5.74. The van der Waals surface area contributed by atoms with Crippen LogP contribution in [-0.4, -0.2) is 12.6 Å². The van der Waals surface area contributed by atoms with Crippen molar-refractivity contribution in [1.29, 1.82) is 0 Å². The predicted octanol–water partition coefficient (Wildman–Crippen LogP) is 3.85. The van der Waals surface area contributed by atoms with Crippen LogP contribution in [0, 0.1) is 0 Å². The third-order valence-corrected chi connectivity index (χ3v) is 2.64. The molecule has 0 unspecified atom stereocenters. The van der Waals surface area contributed by atoms with Gasteiger partial charge in [-0.25, -0.2) is 0 Å². The van der Waals surface area contributed by atoms with Crippen molar-refractivity contribution in [3.63, 3.8) is 0 Å². The molecule has 0 atom stereocenters. The van der Waals surface area contributed by atoms with Crippen molar-refractivity contribution in [2.45, 2.75) is 25.9 Å². The number of alkyl halides is 3. The lowest BCUT2D eigenvalue weighted by atomic mass is 10.1. The topological polar surface area (TPSA) is 26.3 Å². The molecule has 18 heavy (non-hydrogen) atoms. The summed E-state index contributed by atoms with van der Waals surface area (Å²) in [6.45, 7) is 1.96. The molecule has 0 aromatic heterocycles. The minimum atomic E-state index is -4.41. The van der Waals surface area contributed by atoms with Crippen molar-refractivity contribution in [2.75, 3.05) is 6.61 Å². The molecule has 0 bridgehead atoms. The summed E-state index contributed by atoms with van der Waals surface area (Å²) in [5.74, 6) is -0.395. The molecule has 0 saturated heterocycles. The molecule has 6 heteroatoms. The standard InChI is InChI=1S/C12H12ClF3O2/c1-2-18-11(17)6-4-8-3-5-9(7-10(8)13)12(14,15)16/h3,5,7H,2,4,6H2,1H3. The first-order valence-corrected chi connectivity index (χ1v) is 5.73. The minimum absolute atomic E-state index is 0.00845. The first-order valence-electron chi connectivity index (χ1n) is 5.36. The summed E-state index contributed by atoms with van der Waals surface area (Å²) in [7, 11) is 0. The van der Waals surface area contributed by atoms with Gasteiger partial charge in [-0.15, -0.1) is 0 Å². The SMILES string of the molecule is CCOC(=O)CCc1ccc(C(F)(F)F)cc1Cl. The molecule has 2 nitrogen and oxygen atoms in total. The second kappa shape index (κ2) is 6.09. The molecular formula is C12H12ClF3O2. The highest BCUT2D eigenvalue weighted by molar-refractivity contribution is 6.31. The van der Waals surface area contributed by atoms with Crippen LogP contribution in [-0.2, 0) is 22.1 Å². The van der Waals surface area contributed by atoms with Gasteiger partial charge in [-0.05, 0) is 31.0 Å². The van der Waals surface area contributed by atoms with Crippen molar-refractivity contribution in [3.8, 4) is 0 Å². The molecule has 100 valence electrons. The van der Waals surface area contributed by atoms with E-state index >= 15 is 0 Å². The summed E-state index contributed by atoms with van der Waals surface area (Å²) < 4.78 is 41.9. The molecule has 0 fully saturated rings. The maximum atomic E-state index is 12.4. The van der Waals surface area contributed by atoms with E-state index in [1.807, 2.05) is 0 Å². The number of carbonyl (C=O) groups is 1. The van der Waals surface area contributed by atoms with Crippen molar-refractivity contribution >= 4 is 17.6 Å². The molecule has 0 spiro atoms. The van der Waals surface area contributed by atoms with Crippen LogP contribution in [0.2, 0.25) is 5.02 Å². The maximum Gasteiger partial charge on any atom is 0.416 e. The number of ether oxygens (including phenoxy) is 1. The van der Waals surface area contributed by atoms with E-state index in [0.29, 0.717) is 5.56 Å². The van der Waals surface area contributed by atoms with Gasteiger partial charge in [0.05, 0.1) is 12.2 Å². The van der Waals surface area contributed by atoms with E-state index in [-0.39, 0.29) is 24.5 Å². The number of esters is 1. The largest absolute Gasteiger partial charge is 0.466 e. The second-order valence-corrected chi connectivity index (χ2v) is 4.02. The Morgan fingerprint density at radius 1 is 1.39 bits per heavy atom. The van der Waals surface area contributed by atoms with Crippen LogP contribution >= 0.6 is 11.6 Å². The fourth-order valence-corrected chi connectivity index (χ4v) is 1.67. The van der Waals surface area contributed by atoms with Crippen LogP contribution in [0.25, 0.3) is 0 Å². The molecule has 1 rings (SSSR count). The number of benzene rings is 1. The summed E-state index contributed by atoms with van der Waals surface area (Å²) in [5, 5.41) is 0.00845. The first kappa shape index (κ1) is 14.8. The zero-order valence-electron chi connectivity index (χ0n) is 9.68. The van der Waals surface area contributed by atoms with E-state index in [9.17, 15) is 18.0 Å². The monoisotopic (exact) mass is 280 g/mol. The summed E-state index contributed by atoms with van der Waals surface area (Å²) in [5.41, 5.74) is -0.301. The van der Waals surface area contributed by atoms with E-state index in [1.54, 1.807) is 6.92 Å². The lowest BCUT2D eigenvalue weighted by Gasteiger charge is -2.09. The van der Waals surface area contributed by atoms with E-state index < -0.39 is 17.7 Å². The molecule has 0 aliphatic heterocycles. The normalized spacial score (nSPS) is 11.4. The molecule has 0 saturated carbocycles. The highest BCUT2D eigenvalue weighted by Gasteiger charge is 2.30. The van der Waals surface area contributed by atoms with Crippen molar-refractivity contribution in [2.24, 2.45) is 0 Å². The lowest BCUT2D eigenvalue weighted by molar-refractivity contribution is -0.143. The molecule has 0 aliphatic carbocycles. The van der Waals surface area contributed by atoms with Gasteiger partial charge in [0.25, 0.3) is 0 Å². The number of hydrogen-bond donors (Lipinski definition) is 0. The van der Waals surface area contributed by atoms with Crippen LogP contribution in [0.5, 0.6) is 0 Å².